The van der Waals surface area contributed by atoms with E-state index in [-0.39, 0.29) is 0 Å². The summed E-state index contributed by atoms with van der Waals surface area (Å²) >= 11 is 0. The molecule has 0 spiro atoms. The zero-order valence-corrected chi connectivity index (χ0v) is 12.1. The van der Waals surface area contributed by atoms with Gasteiger partial charge in [-0.3, -0.25) is 0 Å². The van der Waals surface area contributed by atoms with Crippen molar-refractivity contribution < 1.29 is 34.1 Å². The highest BCUT2D eigenvalue weighted by molar-refractivity contribution is 5.91. The number of hydrogen-bond donors (Lipinski definition) is 3. The molecule has 0 aliphatic rings. The average molecular weight is 311 g/mol. The van der Waals surface area contributed by atoms with Crippen molar-refractivity contribution in [1.29, 1.82) is 0 Å². The Hall–Kier alpha value is -2.61. The molecule has 0 aromatic heterocycles. The Bertz CT molecular complexity index is 558. The summed E-state index contributed by atoms with van der Waals surface area (Å²) in [6.07, 6.45) is -2.34. The van der Waals surface area contributed by atoms with Gasteiger partial charge in [0, 0.05) is 6.92 Å². The second kappa shape index (κ2) is 7.99. The van der Waals surface area contributed by atoms with E-state index in [1.165, 1.54) is 6.92 Å². The predicted octanol–water partition coefficient (Wildman–Crippen LogP) is 0.670. The maximum Gasteiger partial charge on any atom is 0.411 e. The molecule has 2 atom stereocenters. The third-order valence-corrected chi connectivity index (χ3v) is 2.68. The summed E-state index contributed by atoms with van der Waals surface area (Å²) in [5.41, 5.74) is 1.03. The van der Waals surface area contributed by atoms with E-state index >= 15 is 0 Å². The topological polar surface area (TPSA) is 122 Å². The molecule has 3 N–H and O–H groups in total. The Balaban J connectivity index is 2.54. The van der Waals surface area contributed by atoms with Crippen molar-refractivity contribution >= 4 is 18.0 Å². The van der Waals surface area contributed by atoms with Crippen molar-refractivity contribution in [1.82, 2.24) is 5.32 Å². The molecule has 120 valence electrons. The number of aliphatic hydroxyl groups excluding tert-OH is 1. The molecule has 1 aromatic rings. The van der Waals surface area contributed by atoms with E-state index in [1.807, 2.05) is 5.32 Å². The van der Waals surface area contributed by atoms with Crippen LogP contribution in [-0.4, -0.2) is 47.2 Å². The third kappa shape index (κ3) is 5.06. The van der Waals surface area contributed by atoms with E-state index in [4.69, 9.17) is 19.7 Å². The molecular weight excluding hydrogens is 294 g/mol. The normalized spacial score (nSPS) is 12.9. The number of rotatable bonds is 6. The van der Waals surface area contributed by atoms with Crippen LogP contribution in [0.15, 0.2) is 24.3 Å². The minimum atomic E-state index is -1.49. The first-order valence-electron chi connectivity index (χ1n) is 6.42. The Morgan fingerprint density at radius 3 is 2.41 bits per heavy atom. The molecule has 0 fully saturated rings. The summed E-state index contributed by atoms with van der Waals surface area (Å²) in [5, 5.41) is 19.4. The van der Waals surface area contributed by atoms with Gasteiger partial charge in [-0.05, 0) is 18.6 Å². The first-order valence-corrected chi connectivity index (χ1v) is 6.42. The number of carbonyl (C=O) groups is 3. The number of carboxylic acid groups (broad SMARTS) is 1. The van der Waals surface area contributed by atoms with Gasteiger partial charge in [0.1, 0.15) is 0 Å². The second-order valence-electron chi connectivity index (χ2n) is 4.41. The zero-order valence-electron chi connectivity index (χ0n) is 12.1. The lowest BCUT2D eigenvalue weighted by Crippen LogP contribution is -2.44. The molecule has 1 amide bonds. The predicted molar refractivity (Wildman–Crippen MR) is 74.2 cm³/mol. The van der Waals surface area contributed by atoms with E-state index in [2.05, 4.69) is 0 Å². The van der Waals surface area contributed by atoms with Crippen LogP contribution in [0.3, 0.4) is 0 Å². The van der Waals surface area contributed by atoms with Crippen molar-refractivity contribution in [2.75, 3.05) is 6.61 Å². The van der Waals surface area contributed by atoms with Crippen molar-refractivity contribution in [2.45, 2.75) is 26.2 Å². The number of esters is 1. The molecule has 0 saturated heterocycles. The molecule has 8 heteroatoms. The van der Waals surface area contributed by atoms with Gasteiger partial charge in [0.25, 0.3) is 0 Å². The monoisotopic (exact) mass is 311 g/mol. The molecule has 1 rings (SSSR count). The maximum atomic E-state index is 11.9. The molecule has 0 bridgehead atoms. The van der Waals surface area contributed by atoms with Gasteiger partial charge in [-0.15, -0.1) is 0 Å². The molecular formula is C14H17NO7. The maximum absolute atomic E-state index is 11.9. The van der Waals surface area contributed by atoms with Crippen LogP contribution in [-0.2, 0) is 14.3 Å². The fourth-order valence-electron chi connectivity index (χ4n) is 1.55. The molecule has 1 aromatic carbocycles. The highest BCUT2D eigenvalue weighted by Gasteiger charge is 2.22. The first-order chi connectivity index (χ1) is 10.3. The van der Waals surface area contributed by atoms with Gasteiger partial charge in [-0.1, -0.05) is 18.2 Å². The van der Waals surface area contributed by atoms with Crippen molar-refractivity contribution in [3.05, 3.63) is 35.4 Å². The number of carboxylic acids is 1. The minimum Gasteiger partial charge on any atom is -0.480 e. The second-order valence-corrected chi connectivity index (χ2v) is 4.41. The van der Waals surface area contributed by atoms with Gasteiger partial charge in [-0.25, -0.2) is 14.4 Å². The Labute approximate surface area is 126 Å². The van der Waals surface area contributed by atoms with E-state index in [9.17, 15) is 14.4 Å². The number of alkyl carbamates (subject to hydrolysis) is 1. The fourth-order valence-corrected chi connectivity index (χ4v) is 1.55. The zero-order chi connectivity index (χ0) is 16.7. The number of aliphatic carboxylic acids is 1. The van der Waals surface area contributed by atoms with E-state index < -0.39 is 37.0 Å². The molecule has 0 aliphatic heterocycles. The summed E-state index contributed by atoms with van der Waals surface area (Å²) in [7, 11) is 0. The van der Waals surface area contributed by atoms with Gasteiger partial charge in [0.2, 0.25) is 6.29 Å². The minimum absolute atomic E-state index is 0.331. The van der Waals surface area contributed by atoms with E-state index in [0.717, 1.165) is 0 Å². The van der Waals surface area contributed by atoms with Crippen LogP contribution in [0.1, 0.15) is 22.8 Å². The molecule has 22 heavy (non-hydrogen) atoms. The van der Waals surface area contributed by atoms with Gasteiger partial charge in [0.15, 0.2) is 6.04 Å². The van der Waals surface area contributed by atoms with Gasteiger partial charge >= 0.3 is 18.0 Å². The number of amides is 1. The molecule has 0 radical (unpaired) electrons. The molecule has 8 nitrogen and oxygen atoms in total. The van der Waals surface area contributed by atoms with Gasteiger partial charge in [-0.2, -0.15) is 0 Å². The van der Waals surface area contributed by atoms with Crippen LogP contribution in [0.2, 0.25) is 0 Å². The Morgan fingerprint density at radius 2 is 1.86 bits per heavy atom. The van der Waals surface area contributed by atoms with Crippen LogP contribution >= 0.6 is 0 Å². The molecule has 1 unspecified atom stereocenters. The van der Waals surface area contributed by atoms with Crippen LogP contribution in [0.4, 0.5) is 4.79 Å². The summed E-state index contributed by atoms with van der Waals surface area (Å²) in [4.78, 5) is 33.9. The molecule has 0 aliphatic carbocycles. The number of hydrogen-bond acceptors (Lipinski definition) is 6. The average Bonchev–Trinajstić information content (AvgIpc) is 2.44. The number of ether oxygens (including phenoxy) is 2. The van der Waals surface area contributed by atoms with E-state index in [1.54, 1.807) is 31.2 Å². The van der Waals surface area contributed by atoms with E-state index in [0.29, 0.717) is 11.1 Å². The number of aliphatic hydroxyl groups is 1. The lowest BCUT2D eigenvalue weighted by atomic mass is 10.1. The summed E-state index contributed by atoms with van der Waals surface area (Å²) in [6, 6.07) is 5.23. The Morgan fingerprint density at radius 1 is 1.23 bits per heavy atom. The van der Waals surface area contributed by atoms with Crippen LogP contribution < -0.4 is 5.32 Å². The van der Waals surface area contributed by atoms with Crippen LogP contribution in [0, 0.1) is 6.92 Å². The van der Waals surface area contributed by atoms with Crippen molar-refractivity contribution in [3.8, 4) is 0 Å². The number of aryl methyl sites for hydroxylation is 1. The SMILES string of the molecule is Cc1ccccc1C(=O)OC(C)OC(=O)N[C@H](CO)C(=O)O. The van der Waals surface area contributed by atoms with Crippen LogP contribution in [0.5, 0.6) is 0 Å². The van der Waals surface area contributed by atoms with Crippen molar-refractivity contribution in [2.24, 2.45) is 0 Å². The fraction of sp³-hybridized carbons (Fsp3) is 0.357. The largest absolute Gasteiger partial charge is 0.480 e. The standard InChI is InChI=1S/C14H17NO7/c1-8-5-3-4-6-10(8)13(19)21-9(2)22-14(20)15-11(7-16)12(17)18/h3-6,9,11,16H,7H2,1-2H3,(H,15,20)(H,17,18)/t9?,11-/m1/s1. The van der Waals surface area contributed by atoms with Crippen LogP contribution in [0.25, 0.3) is 0 Å². The van der Waals surface area contributed by atoms with Gasteiger partial charge in [0.05, 0.1) is 12.2 Å². The van der Waals surface area contributed by atoms with Gasteiger partial charge < -0.3 is 25.0 Å². The lowest BCUT2D eigenvalue weighted by Gasteiger charge is -2.17. The molecule has 0 saturated carbocycles. The highest BCUT2D eigenvalue weighted by atomic mass is 16.7. The number of carbonyl (C=O) groups excluding carboxylic acids is 2. The summed E-state index contributed by atoms with van der Waals surface area (Å²) in [6.45, 7) is 2.25. The smallest absolute Gasteiger partial charge is 0.411 e. The summed E-state index contributed by atoms with van der Waals surface area (Å²) in [5.74, 6) is -2.08. The third-order valence-electron chi connectivity index (χ3n) is 2.68. The first kappa shape index (κ1) is 17.4. The van der Waals surface area contributed by atoms with Crippen molar-refractivity contribution in [3.63, 3.8) is 0 Å². The Kier molecular flexibility index (Phi) is 6.33. The number of benzene rings is 1. The summed E-state index contributed by atoms with van der Waals surface area (Å²) < 4.78 is 9.63. The quantitative estimate of drug-likeness (QED) is 0.521. The number of nitrogens with one attached hydrogen (secondary N) is 1. The highest BCUT2D eigenvalue weighted by Crippen LogP contribution is 2.10. The molecule has 0 heterocycles. The lowest BCUT2D eigenvalue weighted by molar-refractivity contribution is -0.140.